The molecule has 0 bridgehead atoms. The number of rotatable bonds is 6. The van der Waals surface area contributed by atoms with Gasteiger partial charge in [-0.05, 0) is 27.2 Å². The number of aliphatic hydroxyl groups is 1. The van der Waals surface area contributed by atoms with Gasteiger partial charge in [-0.15, -0.1) is 0 Å². The fourth-order valence-corrected chi connectivity index (χ4v) is 2.41. The predicted molar refractivity (Wildman–Crippen MR) is 84.5 cm³/mol. The van der Waals surface area contributed by atoms with Gasteiger partial charge in [0.05, 0.1) is 18.6 Å². The summed E-state index contributed by atoms with van der Waals surface area (Å²) >= 11 is 0. The van der Waals surface area contributed by atoms with Gasteiger partial charge in [-0.1, -0.05) is 26.2 Å². The Labute approximate surface area is 133 Å². The van der Waals surface area contributed by atoms with Crippen molar-refractivity contribution in [2.45, 2.75) is 65.1 Å². The fraction of sp³-hybridized carbons (Fsp3) is 0.875. The Kier molecular flexibility index (Phi) is 7.13. The van der Waals surface area contributed by atoms with Gasteiger partial charge in [-0.25, -0.2) is 4.79 Å². The van der Waals surface area contributed by atoms with Crippen LogP contribution in [0, 0.1) is 5.92 Å². The van der Waals surface area contributed by atoms with E-state index in [4.69, 9.17) is 4.74 Å². The molecule has 0 spiro atoms. The monoisotopic (exact) mass is 314 g/mol. The number of nitrogens with one attached hydrogen (secondary N) is 1. The maximum Gasteiger partial charge on any atom is 0.410 e. The molecule has 0 aromatic carbocycles. The Hall–Kier alpha value is -1.30. The SMILES string of the molecule is CCCCCCNC(=O)[C@@H]1CN(C(=O)OC(C)(C)C)C[C@@H]1O. The molecule has 2 amide bonds. The summed E-state index contributed by atoms with van der Waals surface area (Å²) in [5, 5.41) is 12.9. The van der Waals surface area contributed by atoms with E-state index in [2.05, 4.69) is 12.2 Å². The maximum absolute atomic E-state index is 12.1. The molecule has 1 rings (SSSR count). The average Bonchev–Trinajstić information content (AvgIpc) is 2.79. The number of carbonyl (C=O) groups excluding carboxylic acids is 2. The molecule has 1 heterocycles. The zero-order chi connectivity index (χ0) is 16.8. The van der Waals surface area contributed by atoms with Crippen LogP contribution in [0.1, 0.15) is 53.4 Å². The molecule has 0 radical (unpaired) electrons. The minimum absolute atomic E-state index is 0.142. The largest absolute Gasteiger partial charge is 0.444 e. The van der Waals surface area contributed by atoms with E-state index in [-0.39, 0.29) is 19.0 Å². The van der Waals surface area contributed by atoms with Crippen molar-refractivity contribution in [1.82, 2.24) is 10.2 Å². The lowest BCUT2D eigenvalue weighted by Gasteiger charge is -2.24. The Balaban J connectivity index is 2.39. The van der Waals surface area contributed by atoms with E-state index in [1.165, 1.54) is 4.90 Å². The molecular weight excluding hydrogens is 284 g/mol. The lowest BCUT2D eigenvalue weighted by Crippen LogP contribution is -2.38. The molecule has 1 saturated heterocycles. The van der Waals surface area contributed by atoms with Gasteiger partial charge in [0.15, 0.2) is 0 Å². The molecule has 1 fully saturated rings. The molecule has 0 aliphatic carbocycles. The van der Waals surface area contributed by atoms with E-state index in [1.54, 1.807) is 20.8 Å². The molecule has 2 N–H and O–H groups in total. The average molecular weight is 314 g/mol. The number of nitrogens with zero attached hydrogens (tertiary/aromatic N) is 1. The summed E-state index contributed by atoms with van der Waals surface area (Å²) in [6.45, 7) is 8.47. The summed E-state index contributed by atoms with van der Waals surface area (Å²) < 4.78 is 5.27. The summed E-state index contributed by atoms with van der Waals surface area (Å²) in [6.07, 6.45) is 3.04. The number of hydrogen-bond donors (Lipinski definition) is 2. The van der Waals surface area contributed by atoms with Gasteiger partial charge in [0.2, 0.25) is 5.91 Å². The Morgan fingerprint density at radius 1 is 1.23 bits per heavy atom. The zero-order valence-corrected chi connectivity index (χ0v) is 14.2. The van der Waals surface area contributed by atoms with Crippen LogP contribution in [0.3, 0.4) is 0 Å². The van der Waals surface area contributed by atoms with Crippen molar-refractivity contribution >= 4 is 12.0 Å². The van der Waals surface area contributed by atoms with Crippen LogP contribution in [0.2, 0.25) is 0 Å². The minimum Gasteiger partial charge on any atom is -0.444 e. The molecule has 0 aromatic rings. The highest BCUT2D eigenvalue weighted by atomic mass is 16.6. The van der Waals surface area contributed by atoms with Crippen molar-refractivity contribution in [3.8, 4) is 0 Å². The van der Waals surface area contributed by atoms with Crippen LogP contribution in [0.15, 0.2) is 0 Å². The molecule has 1 aliphatic rings. The number of unbranched alkanes of at least 4 members (excludes halogenated alkanes) is 3. The van der Waals surface area contributed by atoms with Gasteiger partial charge in [0.25, 0.3) is 0 Å². The Morgan fingerprint density at radius 3 is 2.50 bits per heavy atom. The molecule has 128 valence electrons. The molecule has 6 heteroatoms. The molecule has 0 aromatic heterocycles. The van der Waals surface area contributed by atoms with Crippen LogP contribution < -0.4 is 5.32 Å². The van der Waals surface area contributed by atoms with Crippen molar-refractivity contribution in [2.24, 2.45) is 5.92 Å². The number of ether oxygens (including phenoxy) is 1. The first-order valence-electron chi connectivity index (χ1n) is 8.18. The first-order chi connectivity index (χ1) is 10.2. The van der Waals surface area contributed by atoms with Crippen molar-refractivity contribution in [3.63, 3.8) is 0 Å². The van der Waals surface area contributed by atoms with E-state index in [9.17, 15) is 14.7 Å². The number of likely N-dealkylation sites (tertiary alicyclic amines) is 1. The van der Waals surface area contributed by atoms with Crippen LogP contribution >= 0.6 is 0 Å². The van der Waals surface area contributed by atoms with Crippen LogP contribution in [0.4, 0.5) is 4.79 Å². The van der Waals surface area contributed by atoms with E-state index in [0.29, 0.717) is 6.54 Å². The number of hydrogen-bond acceptors (Lipinski definition) is 4. The van der Waals surface area contributed by atoms with Gasteiger partial charge in [0, 0.05) is 13.1 Å². The topological polar surface area (TPSA) is 78.9 Å². The smallest absolute Gasteiger partial charge is 0.410 e. The van der Waals surface area contributed by atoms with Crippen molar-refractivity contribution < 1.29 is 19.4 Å². The molecule has 6 nitrogen and oxygen atoms in total. The number of amides is 2. The van der Waals surface area contributed by atoms with Gasteiger partial charge in [-0.2, -0.15) is 0 Å². The Morgan fingerprint density at radius 2 is 1.91 bits per heavy atom. The predicted octanol–water partition coefficient (Wildman–Crippen LogP) is 1.91. The van der Waals surface area contributed by atoms with Gasteiger partial charge in [-0.3, -0.25) is 4.79 Å². The van der Waals surface area contributed by atoms with E-state index >= 15 is 0 Å². The number of aliphatic hydroxyl groups excluding tert-OH is 1. The maximum atomic E-state index is 12.1. The first-order valence-corrected chi connectivity index (χ1v) is 8.18. The second-order valence-electron chi connectivity index (χ2n) is 6.91. The molecule has 0 saturated carbocycles. The third kappa shape index (κ3) is 6.22. The molecule has 0 unspecified atom stereocenters. The minimum atomic E-state index is -0.830. The second-order valence-corrected chi connectivity index (χ2v) is 6.91. The van der Waals surface area contributed by atoms with Gasteiger partial charge in [0.1, 0.15) is 5.60 Å². The normalized spacial score (nSPS) is 21.8. The lowest BCUT2D eigenvalue weighted by molar-refractivity contribution is -0.126. The third-order valence-electron chi connectivity index (χ3n) is 3.61. The van der Waals surface area contributed by atoms with E-state index in [1.807, 2.05) is 0 Å². The highest BCUT2D eigenvalue weighted by molar-refractivity contribution is 5.81. The number of carbonyl (C=O) groups is 2. The fourth-order valence-electron chi connectivity index (χ4n) is 2.41. The third-order valence-corrected chi connectivity index (χ3v) is 3.61. The quantitative estimate of drug-likeness (QED) is 0.734. The van der Waals surface area contributed by atoms with Crippen molar-refractivity contribution in [2.75, 3.05) is 19.6 Å². The second kappa shape index (κ2) is 8.36. The Bertz CT molecular complexity index is 379. The van der Waals surface area contributed by atoms with Gasteiger partial charge < -0.3 is 20.1 Å². The number of β-amino-alcohol motifs (C(OH)–C–C–N with tert-alkyl or cyclic N) is 1. The molecule has 22 heavy (non-hydrogen) atoms. The van der Waals surface area contributed by atoms with Crippen LogP contribution in [0.25, 0.3) is 0 Å². The highest BCUT2D eigenvalue weighted by Crippen LogP contribution is 2.20. The standard InChI is InChI=1S/C16H30N2O4/c1-5-6-7-8-9-17-14(20)12-10-18(11-13(12)19)15(21)22-16(2,3)4/h12-13,19H,5-11H2,1-4H3,(H,17,20)/t12-,13+/m1/s1. The van der Waals surface area contributed by atoms with E-state index < -0.39 is 23.7 Å². The zero-order valence-electron chi connectivity index (χ0n) is 14.2. The summed E-state index contributed by atoms with van der Waals surface area (Å²) in [5.41, 5.74) is -0.582. The molecular formula is C16H30N2O4. The molecule has 1 aliphatic heterocycles. The summed E-state index contributed by atoms with van der Waals surface area (Å²) in [5.74, 6) is -0.756. The first kappa shape index (κ1) is 18.7. The van der Waals surface area contributed by atoms with Crippen LogP contribution in [0.5, 0.6) is 0 Å². The highest BCUT2D eigenvalue weighted by Gasteiger charge is 2.39. The van der Waals surface area contributed by atoms with Gasteiger partial charge >= 0.3 is 6.09 Å². The van der Waals surface area contributed by atoms with Crippen LogP contribution in [-0.4, -0.2) is 53.3 Å². The summed E-state index contributed by atoms with van der Waals surface area (Å²) in [4.78, 5) is 25.5. The van der Waals surface area contributed by atoms with E-state index in [0.717, 1.165) is 25.7 Å². The molecule has 2 atom stereocenters. The van der Waals surface area contributed by atoms with Crippen molar-refractivity contribution in [1.29, 1.82) is 0 Å². The summed E-state index contributed by atoms with van der Waals surface area (Å²) in [7, 11) is 0. The van der Waals surface area contributed by atoms with Crippen LogP contribution in [-0.2, 0) is 9.53 Å². The lowest BCUT2D eigenvalue weighted by atomic mass is 10.1. The summed E-state index contributed by atoms with van der Waals surface area (Å²) in [6, 6.07) is 0. The van der Waals surface area contributed by atoms with Crippen molar-refractivity contribution in [3.05, 3.63) is 0 Å².